The molecule has 1 aliphatic heterocycles. The van der Waals surface area contributed by atoms with Crippen LogP contribution in [0.15, 0.2) is 114 Å². The summed E-state index contributed by atoms with van der Waals surface area (Å²) in [5.41, 5.74) is 9.68. The van der Waals surface area contributed by atoms with E-state index < -0.39 is 0 Å². The summed E-state index contributed by atoms with van der Waals surface area (Å²) < 4.78 is 4.90. The molecule has 0 fully saturated rings. The number of aliphatic imine (C=N–C) groups is 1. The van der Waals surface area contributed by atoms with Gasteiger partial charge in [0.05, 0.1) is 39.0 Å². The van der Waals surface area contributed by atoms with E-state index in [4.69, 9.17) is 4.99 Å². The fourth-order valence-electron chi connectivity index (χ4n) is 6.94. The number of para-hydroxylation sites is 4. The number of nitriles is 1. The number of hydrogen-bond donors (Lipinski definition) is 0. The summed E-state index contributed by atoms with van der Waals surface area (Å²) in [6.07, 6.45) is 3.67. The average Bonchev–Trinajstić information content (AvgIpc) is 3.62. The smallest absolute Gasteiger partial charge is 0.118 e. The average molecular weight is 511 g/mol. The molecule has 40 heavy (non-hydrogen) atoms. The number of fused-ring (bicyclic) bond motifs is 11. The van der Waals surface area contributed by atoms with Crippen molar-refractivity contribution in [2.75, 3.05) is 0 Å². The van der Waals surface area contributed by atoms with Crippen molar-refractivity contribution in [3.8, 4) is 6.07 Å². The number of hydrogen-bond acceptors (Lipinski definition) is 2. The van der Waals surface area contributed by atoms with Gasteiger partial charge >= 0.3 is 0 Å². The van der Waals surface area contributed by atoms with Crippen LogP contribution in [0.4, 0.5) is 5.69 Å². The van der Waals surface area contributed by atoms with Crippen LogP contribution in [0, 0.1) is 11.3 Å². The normalized spacial score (nSPS) is 15.4. The second kappa shape index (κ2) is 7.81. The summed E-state index contributed by atoms with van der Waals surface area (Å²) in [4.78, 5) is 4.80. The molecule has 0 atom stereocenters. The lowest BCUT2D eigenvalue weighted by Crippen LogP contribution is -2.04. The molecule has 0 bridgehead atoms. The van der Waals surface area contributed by atoms with Gasteiger partial charge in [0.2, 0.25) is 0 Å². The van der Waals surface area contributed by atoms with Gasteiger partial charge in [0.15, 0.2) is 0 Å². The fraction of sp³-hybridized carbons (Fsp3) is 0.0556. The molecular weight excluding hydrogens is 488 g/mol. The molecule has 0 amide bonds. The van der Waals surface area contributed by atoms with Crippen LogP contribution in [0.1, 0.15) is 18.4 Å². The van der Waals surface area contributed by atoms with E-state index in [0.717, 1.165) is 23.4 Å². The third-order valence-electron chi connectivity index (χ3n) is 8.53. The van der Waals surface area contributed by atoms with Crippen molar-refractivity contribution < 1.29 is 0 Å². The van der Waals surface area contributed by atoms with Gasteiger partial charge in [0.25, 0.3) is 0 Å². The maximum atomic E-state index is 9.68. The van der Waals surface area contributed by atoms with Gasteiger partial charge < -0.3 is 8.97 Å². The van der Waals surface area contributed by atoms with E-state index in [1.807, 2.05) is 12.1 Å². The Balaban J connectivity index is 1.54. The highest BCUT2D eigenvalue weighted by molar-refractivity contribution is 6.34. The van der Waals surface area contributed by atoms with Gasteiger partial charge in [-0.05, 0) is 36.8 Å². The molecule has 9 rings (SSSR count). The van der Waals surface area contributed by atoms with Crippen molar-refractivity contribution in [3.05, 3.63) is 115 Å². The molecule has 3 aromatic heterocycles. The summed E-state index contributed by atoms with van der Waals surface area (Å²) in [7, 11) is 0. The zero-order valence-electron chi connectivity index (χ0n) is 21.6. The third-order valence-corrected chi connectivity index (χ3v) is 8.53. The van der Waals surface area contributed by atoms with Crippen LogP contribution in [-0.2, 0) is 0 Å². The van der Waals surface area contributed by atoms with Crippen molar-refractivity contribution in [2.45, 2.75) is 12.8 Å². The maximum absolute atomic E-state index is 9.68. The lowest BCUT2D eigenvalue weighted by atomic mass is 10.0. The van der Waals surface area contributed by atoms with E-state index in [1.54, 1.807) is 0 Å². The molecule has 5 aromatic carbocycles. The quantitative estimate of drug-likeness (QED) is 0.217. The molecule has 4 nitrogen and oxygen atoms in total. The van der Waals surface area contributed by atoms with Crippen molar-refractivity contribution in [3.63, 3.8) is 0 Å². The minimum Gasteiger partial charge on any atom is -0.308 e. The van der Waals surface area contributed by atoms with E-state index in [2.05, 4.69) is 112 Å². The molecule has 0 saturated carbocycles. The Morgan fingerprint density at radius 1 is 0.650 bits per heavy atom. The number of rotatable bonds is 1. The minimum absolute atomic E-state index is 0.573. The monoisotopic (exact) mass is 510 g/mol. The summed E-state index contributed by atoms with van der Waals surface area (Å²) >= 11 is 0. The molecule has 186 valence electrons. The Kier molecular flexibility index (Phi) is 4.20. The molecule has 0 aliphatic carbocycles. The number of aromatic nitrogens is 2. The molecular formula is C36H22N4. The van der Waals surface area contributed by atoms with Crippen LogP contribution in [-0.4, -0.2) is 14.7 Å². The van der Waals surface area contributed by atoms with Crippen molar-refractivity contribution in [1.82, 2.24) is 8.97 Å². The van der Waals surface area contributed by atoms with Gasteiger partial charge in [0.1, 0.15) is 11.8 Å². The van der Waals surface area contributed by atoms with Crippen molar-refractivity contribution in [2.24, 2.45) is 4.99 Å². The summed E-state index contributed by atoms with van der Waals surface area (Å²) in [5, 5.41) is 17.3. The van der Waals surface area contributed by atoms with Gasteiger partial charge in [-0.25, -0.2) is 4.99 Å². The first kappa shape index (κ1) is 21.5. The van der Waals surface area contributed by atoms with Gasteiger partial charge in [-0.3, -0.25) is 0 Å². The van der Waals surface area contributed by atoms with E-state index in [0.29, 0.717) is 12.1 Å². The third kappa shape index (κ3) is 2.66. The Labute approximate surface area is 229 Å². The highest BCUT2D eigenvalue weighted by Gasteiger charge is 2.25. The number of benzene rings is 5. The van der Waals surface area contributed by atoms with E-state index in [-0.39, 0.29) is 0 Å². The SMILES string of the molecule is N#CC1=Nc2ccccc2/C(n2c3ccccc3c3cc4c5ccccc5n5c6ccccc6c(c32)c45)=C\CC1. The Hall–Kier alpha value is -5.40. The summed E-state index contributed by atoms with van der Waals surface area (Å²) in [5.74, 6) is 0. The zero-order chi connectivity index (χ0) is 26.4. The van der Waals surface area contributed by atoms with E-state index in [1.165, 1.54) is 59.9 Å². The molecule has 0 unspecified atom stereocenters. The molecule has 4 heterocycles. The molecule has 1 aliphatic rings. The highest BCUT2D eigenvalue weighted by atomic mass is 15.0. The second-order valence-electron chi connectivity index (χ2n) is 10.6. The van der Waals surface area contributed by atoms with Crippen LogP contribution in [0.2, 0.25) is 0 Å². The van der Waals surface area contributed by atoms with E-state index in [9.17, 15) is 5.26 Å². The molecule has 0 spiro atoms. The fourth-order valence-corrected chi connectivity index (χ4v) is 6.94. The van der Waals surface area contributed by atoms with Crippen LogP contribution in [0.25, 0.3) is 65.6 Å². The Bertz CT molecular complexity index is 2440. The van der Waals surface area contributed by atoms with Gasteiger partial charge in [-0.1, -0.05) is 78.9 Å². The standard InChI is InChI=1S/C36H22N4/c37-21-22-10-9-19-32(25-13-1-5-15-29(25)38-22)39-30-16-6-2-11-23(30)27-20-28-24-12-3-7-17-31(24)40-33-18-8-4-14-26(33)34(35(27)39)36(28)40/h1-8,11-20H,9-10H2/b32-19+,38-22?. The van der Waals surface area contributed by atoms with Crippen LogP contribution >= 0.6 is 0 Å². The maximum Gasteiger partial charge on any atom is 0.118 e. The number of allylic oxidation sites excluding steroid dienone is 1. The first-order valence-corrected chi connectivity index (χ1v) is 13.7. The lowest BCUT2D eigenvalue weighted by Gasteiger charge is -2.18. The predicted molar refractivity (Wildman–Crippen MR) is 166 cm³/mol. The molecule has 4 heteroatoms. The Morgan fingerprint density at radius 2 is 1.27 bits per heavy atom. The second-order valence-corrected chi connectivity index (χ2v) is 10.6. The van der Waals surface area contributed by atoms with Crippen molar-refractivity contribution >= 4 is 77.0 Å². The Morgan fingerprint density at radius 3 is 2.08 bits per heavy atom. The lowest BCUT2D eigenvalue weighted by molar-refractivity contribution is 1.07. The summed E-state index contributed by atoms with van der Waals surface area (Å²) in [6.45, 7) is 0. The molecule has 0 saturated heterocycles. The van der Waals surface area contributed by atoms with Gasteiger partial charge in [-0.2, -0.15) is 5.26 Å². The zero-order valence-corrected chi connectivity index (χ0v) is 21.6. The predicted octanol–water partition coefficient (Wildman–Crippen LogP) is 9.22. The van der Waals surface area contributed by atoms with Gasteiger partial charge in [-0.15, -0.1) is 0 Å². The largest absolute Gasteiger partial charge is 0.308 e. The van der Waals surface area contributed by atoms with Crippen molar-refractivity contribution in [1.29, 1.82) is 5.26 Å². The first-order chi connectivity index (χ1) is 19.8. The number of nitrogens with zero attached hydrogens (tertiary/aromatic N) is 4. The highest BCUT2D eigenvalue weighted by Crippen LogP contribution is 2.47. The minimum atomic E-state index is 0.573. The van der Waals surface area contributed by atoms with Crippen LogP contribution in [0.5, 0.6) is 0 Å². The van der Waals surface area contributed by atoms with E-state index >= 15 is 0 Å². The van der Waals surface area contributed by atoms with Crippen LogP contribution in [0.3, 0.4) is 0 Å². The molecule has 0 radical (unpaired) electrons. The van der Waals surface area contributed by atoms with Gasteiger partial charge in [0, 0.05) is 44.3 Å². The first-order valence-electron chi connectivity index (χ1n) is 13.7. The summed E-state index contributed by atoms with van der Waals surface area (Å²) in [6, 6.07) is 39.2. The molecule has 0 N–H and O–H groups in total. The van der Waals surface area contributed by atoms with Crippen LogP contribution < -0.4 is 0 Å². The molecule has 8 aromatic rings. The topological polar surface area (TPSA) is 45.5 Å².